The fourth-order valence-corrected chi connectivity index (χ4v) is 5.80. The predicted octanol–water partition coefficient (Wildman–Crippen LogP) is 8.94. The molecule has 3 nitrogen and oxygen atoms in total. The van der Waals surface area contributed by atoms with E-state index in [0.717, 1.165) is 22.6 Å². The Morgan fingerprint density at radius 1 is 0.500 bits per heavy atom. The molecule has 0 saturated heterocycles. The first-order chi connectivity index (χ1) is 18.8. The SMILES string of the molecule is c1ccc(-n2ccc3cc4c5ccc6ccccc6c5n(-c5ccc(-c6ccccn6)cc5)c4cc32)cc1. The number of para-hydroxylation sites is 1. The Morgan fingerprint density at radius 3 is 2.16 bits per heavy atom. The van der Waals surface area contributed by atoms with E-state index in [4.69, 9.17) is 0 Å². The van der Waals surface area contributed by atoms with Gasteiger partial charge in [0, 0.05) is 50.9 Å². The van der Waals surface area contributed by atoms with E-state index in [1.165, 1.54) is 43.5 Å². The van der Waals surface area contributed by atoms with E-state index in [9.17, 15) is 0 Å². The van der Waals surface area contributed by atoms with Crippen molar-refractivity contribution in [2.75, 3.05) is 0 Å². The van der Waals surface area contributed by atoms with Crippen molar-refractivity contribution in [1.82, 2.24) is 14.1 Å². The highest BCUT2D eigenvalue weighted by molar-refractivity contribution is 6.20. The molecule has 0 spiro atoms. The number of rotatable bonds is 3. The van der Waals surface area contributed by atoms with Gasteiger partial charge in [0.05, 0.1) is 22.2 Å². The van der Waals surface area contributed by atoms with Crippen molar-refractivity contribution in [3.63, 3.8) is 0 Å². The summed E-state index contributed by atoms with van der Waals surface area (Å²) < 4.78 is 4.70. The van der Waals surface area contributed by atoms with Crippen LogP contribution in [-0.4, -0.2) is 14.1 Å². The Kier molecular flexibility index (Phi) is 4.52. The molecule has 0 fully saturated rings. The molecular weight excluding hydrogens is 462 g/mol. The number of hydrogen-bond acceptors (Lipinski definition) is 1. The Morgan fingerprint density at radius 2 is 1.32 bits per heavy atom. The van der Waals surface area contributed by atoms with Gasteiger partial charge in [-0.3, -0.25) is 4.98 Å². The van der Waals surface area contributed by atoms with Crippen LogP contribution >= 0.6 is 0 Å². The van der Waals surface area contributed by atoms with Gasteiger partial charge in [0.1, 0.15) is 0 Å². The van der Waals surface area contributed by atoms with Gasteiger partial charge in [-0.15, -0.1) is 0 Å². The van der Waals surface area contributed by atoms with Gasteiger partial charge >= 0.3 is 0 Å². The van der Waals surface area contributed by atoms with Crippen LogP contribution in [0.2, 0.25) is 0 Å². The molecule has 8 aromatic rings. The first-order valence-electron chi connectivity index (χ1n) is 12.9. The summed E-state index contributed by atoms with van der Waals surface area (Å²) in [6, 6.07) is 45.5. The molecule has 5 aromatic carbocycles. The number of hydrogen-bond donors (Lipinski definition) is 0. The molecule has 3 heterocycles. The Hall–Kier alpha value is -5.15. The molecule has 0 aliphatic heterocycles. The van der Waals surface area contributed by atoms with E-state index in [1.54, 1.807) is 0 Å². The van der Waals surface area contributed by atoms with Crippen molar-refractivity contribution in [3.8, 4) is 22.6 Å². The van der Waals surface area contributed by atoms with E-state index in [2.05, 4.69) is 136 Å². The van der Waals surface area contributed by atoms with Crippen LogP contribution in [0.5, 0.6) is 0 Å². The lowest BCUT2D eigenvalue weighted by Gasteiger charge is -2.11. The van der Waals surface area contributed by atoms with Crippen LogP contribution in [0.4, 0.5) is 0 Å². The van der Waals surface area contributed by atoms with Crippen LogP contribution in [-0.2, 0) is 0 Å². The molecule has 0 aliphatic rings. The van der Waals surface area contributed by atoms with Gasteiger partial charge in [-0.2, -0.15) is 0 Å². The molecule has 0 amide bonds. The van der Waals surface area contributed by atoms with Gasteiger partial charge in [-0.25, -0.2) is 0 Å². The maximum atomic E-state index is 4.54. The molecule has 8 rings (SSSR count). The quantitative estimate of drug-likeness (QED) is 0.245. The summed E-state index contributed by atoms with van der Waals surface area (Å²) in [7, 11) is 0. The maximum Gasteiger partial charge on any atom is 0.0701 e. The lowest BCUT2D eigenvalue weighted by Crippen LogP contribution is -1.96. The van der Waals surface area contributed by atoms with E-state index in [-0.39, 0.29) is 0 Å². The third-order valence-corrected chi connectivity index (χ3v) is 7.58. The summed E-state index contributed by atoms with van der Waals surface area (Å²) in [6.07, 6.45) is 4.01. The number of aromatic nitrogens is 3. The van der Waals surface area contributed by atoms with Gasteiger partial charge < -0.3 is 9.13 Å². The number of nitrogens with zero attached hydrogens (tertiary/aromatic N) is 3. The zero-order valence-electron chi connectivity index (χ0n) is 20.6. The van der Waals surface area contributed by atoms with Gasteiger partial charge in [0.2, 0.25) is 0 Å². The molecule has 0 atom stereocenters. The second-order valence-corrected chi connectivity index (χ2v) is 9.73. The normalized spacial score (nSPS) is 11.7. The summed E-state index contributed by atoms with van der Waals surface area (Å²) in [4.78, 5) is 4.54. The fraction of sp³-hybridized carbons (Fsp3) is 0. The molecule has 3 aromatic heterocycles. The standard InChI is InChI=1S/C35H23N3/c1-2-9-27(10-3-1)37-21-19-26-22-31-30-18-15-24-8-4-5-11-29(24)35(30)38(34(31)23-33(26)37)28-16-13-25(14-17-28)32-12-6-7-20-36-32/h1-23H. The third kappa shape index (κ3) is 3.12. The van der Waals surface area contributed by atoms with Crippen LogP contribution in [0.15, 0.2) is 140 Å². The molecule has 0 bridgehead atoms. The second-order valence-electron chi connectivity index (χ2n) is 9.73. The minimum atomic E-state index is 0.981. The Balaban J connectivity index is 1.46. The average Bonchev–Trinajstić information content (AvgIpc) is 3.56. The third-order valence-electron chi connectivity index (χ3n) is 7.58. The van der Waals surface area contributed by atoms with Crippen molar-refractivity contribution < 1.29 is 0 Å². The summed E-state index contributed by atoms with van der Waals surface area (Å²) in [6.45, 7) is 0. The van der Waals surface area contributed by atoms with Gasteiger partial charge in [0.25, 0.3) is 0 Å². The average molecular weight is 486 g/mol. The minimum absolute atomic E-state index is 0.981. The van der Waals surface area contributed by atoms with Crippen LogP contribution in [0.1, 0.15) is 0 Å². The van der Waals surface area contributed by atoms with E-state index < -0.39 is 0 Å². The molecule has 3 heteroatoms. The summed E-state index contributed by atoms with van der Waals surface area (Å²) in [5.74, 6) is 0. The van der Waals surface area contributed by atoms with Crippen molar-refractivity contribution in [2.24, 2.45) is 0 Å². The van der Waals surface area contributed by atoms with Crippen molar-refractivity contribution in [3.05, 3.63) is 140 Å². The van der Waals surface area contributed by atoms with Crippen molar-refractivity contribution in [1.29, 1.82) is 0 Å². The minimum Gasteiger partial charge on any atom is -0.316 e. The smallest absolute Gasteiger partial charge is 0.0701 e. The molecule has 178 valence electrons. The summed E-state index contributed by atoms with van der Waals surface area (Å²) in [5, 5.41) is 6.26. The number of fused-ring (bicyclic) bond motifs is 6. The molecule has 0 aliphatic carbocycles. The van der Waals surface area contributed by atoms with Crippen LogP contribution in [0, 0.1) is 0 Å². The lowest BCUT2D eigenvalue weighted by atomic mass is 10.1. The number of benzene rings is 5. The summed E-state index contributed by atoms with van der Waals surface area (Å²) >= 11 is 0. The highest BCUT2D eigenvalue weighted by atomic mass is 15.0. The number of pyridine rings is 1. The Labute approximate surface area is 219 Å². The predicted molar refractivity (Wildman–Crippen MR) is 158 cm³/mol. The molecule has 0 saturated carbocycles. The molecular formula is C35H23N3. The van der Waals surface area contributed by atoms with Crippen molar-refractivity contribution in [2.45, 2.75) is 0 Å². The highest BCUT2D eigenvalue weighted by Gasteiger charge is 2.17. The molecule has 0 unspecified atom stereocenters. The maximum absolute atomic E-state index is 4.54. The van der Waals surface area contributed by atoms with Crippen LogP contribution in [0.25, 0.3) is 66.1 Å². The van der Waals surface area contributed by atoms with Gasteiger partial charge in [0.15, 0.2) is 0 Å². The first kappa shape index (κ1) is 21.0. The van der Waals surface area contributed by atoms with E-state index in [0.29, 0.717) is 0 Å². The Bertz CT molecular complexity index is 2100. The van der Waals surface area contributed by atoms with E-state index >= 15 is 0 Å². The fourth-order valence-electron chi connectivity index (χ4n) is 5.80. The summed E-state index contributed by atoms with van der Waals surface area (Å²) in [5.41, 5.74) is 8.03. The zero-order chi connectivity index (χ0) is 25.1. The molecule has 0 radical (unpaired) electrons. The van der Waals surface area contributed by atoms with Gasteiger partial charge in [-0.05, 0) is 60.0 Å². The first-order valence-corrected chi connectivity index (χ1v) is 12.9. The molecule has 0 N–H and O–H groups in total. The lowest BCUT2D eigenvalue weighted by molar-refractivity contribution is 1.13. The van der Waals surface area contributed by atoms with Crippen molar-refractivity contribution >= 4 is 43.5 Å². The van der Waals surface area contributed by atoms with Crippen LogP contribution < -0.4 is 0 Å². The van der Waals surface area contributed by atoms with Crippen LogP contribution in [0.3, 0.4) is 0 Å². The highest BCUT2D eigenvalue weighted by Crippen LogP contribution is 2.39. The molecule has 38 heavy (non-hydrogen) atoms. The zero-order valence-corrected chi connectivity index (χ0v) is 20.6. The van der Waals surface area contributed by atoms with Gasteiger partial charge in [-0.1, -0.05) is 72.8 Å². The second kappa shape index (κ2) is 8.19. The largest absolute Gasteiger partial charge is 0.316 e. The van der Waals surface area contributed by atoms with E-state index in [1.807, 2.05) is 18.3 Å². The monoisotopic (exact) mass is 485 g/mol. The topological polar surface area (TPSA) is 22.8 Å².